The standard InChI is InChI=1S/C8H16O2/c1-2-3-7(9)8(10)6-4-5-6/h6-10H,2-5H2,1H3. The van der Waals surface area contributed by atoms with Gasteiger partial charge in [-0.25, -0.2) is 0 Å². The number of hydrogen-bond acceptors (Lipinski definition) is 2. The van der Waals surface area contributed by atoms with Crippen LogP contribution in [0.4, 0.5) is 0 Å². The lowest BCUT2D eigenvalue weighted by molar-refractivity contribution is 0.00132. The van der Waals surface area contributed by atoms with Gasteiger partial charge in [0.1, 0.15) is 0 Å². The van der Waals surface area contributed by atoms with Gasteiger partial charge in [0.15, 0.2) is 0 Å². The molecule has 10 heavy (non-hydrogen) atoms. The summed E-state index contributed by atoms with van der Waals surface area (Å²) in [5.74, 6) is 0.404. The zero-order valence-corrected chi connectivity index (χ0v) is 6.45. The van der Waals surface area contributed by atoms with Crippen molar-refractivity contribution >= 4 is 0 Å². The normalized spacial score (nSPS) is 24.3. The van der Waals surface area contributed by atoms with E-state index in [1.807, 2.05) is 6.92 Å². The van der Waals surface area contributed by atoms with Crippen LogP contribution in [0.25, 0.3) is 0 Å². The van der Waals surface area contributed by atoms with E-state index in [9.17, 15) is 10.2 Å². The maximum Gasteiger partial charge on any atom is 0.0827 e. The van der Waals surface area contributed by atoms with E-state index in [1.54, 1.807) is 0 Å². The van der Waals surface area contributed by atoms with Crippen molar-refractivity contribution in [3.63, 3.8) is 0 Å². The maximum atomic E-state index is 9.34. The molecule has 0 heterocycles. The number of rotatable bonds is 4. The van der Waals surface area contributed by atoms with Crippen LogP contribution in [0.2, 0.25) is 0 Å². The van der Waals surface area contributed by atoms with Crippen LogP contribution in [0, 0.1) is 5.92 Å². The molecule has 2 unspecified atom stereocenters. The molecule has 0 aromatic carbocycles. The van der Waals surface area contributed by atoms with Gasteiger partial charge in [0, 0.05) is 0 Å². The van der Waals surface area contributed by atoms with Gasteiger partial charge in [-0.15, -0.1) is 0 Å². The zero-order chi connectivity index (χ0) is 7.56. The zero-order valence-electron chi connectivity index (χ0n) is 6.45. The molecule has 0 aromatic heterocycles. The lowest BCUT2D eigenvalue weighted by Gasteiger charge is -2.15. The molecule has 0 spiro atoms. The Morgan fingerprint density at radius 2 is 2.00 bits per heavy atom. The molecule has 1 fully saturated rings. The third-order valence-electron chi connectivity index (χ3n) is 2.08. The second kappa shape index (κ2) is 3.35. The summed E-state index contributed by atoms with van der Waals surface area (Å²) in [5, 5.41) is 18.6. The Hall–Kier alpha value is -0.0800. The van der Waals surface area contributed by atoms with Gasteiger partial charge in [0.05, 0.1) is 12.2 Å². The Morgan fingerprint density at radius 1 is 1.40 bits per heavy atom. The molecule has 1 rings (SSSR count). The quantitative estimate of drug-likeness (QED) is 0.616. The molecule has 60 valence electrons. The predicted molar refractivity (Wildman–Crippen MR) is 39.6 cm³/mol. The predicted octanol–water partition coefficient (Wildman–Crippen LogP) is 0.918. The summed E-state index contributed by atoms with van der Waals surface area (Å²) >= 11 is 0. The minimum atomic E-state index is -0.475. The highest BCUT2D eigenvalue weighted by Crippen LogP contribution is 2.34. The summed E-state index contributed by atoms with van der Waals surface area (Å²) in [5.41, 5.74) is 0. The Bertz CT molecular complexity index is 99.4. The van der Waals surface area contributed by atoms with Crippen molar-refractivity contribution in [1.82, 2.24) is 0 Å². The summed E-state index contributed by atoms with van der Waals surface area (Å²) < 4.78 is 0. The van der Waals surface area contributed by atoms with E-state index in [0.717, 1.165) is 25.7 Å². The van der Waals surface area contributed by atoms with E-state index in [-0.39, 0.29) is 0 Å². The second-order valence-electron chi connectivity index (χ2n) is 3.18. The fourth-order valence-corrected chi connectivity index (χ4v) is 1.22. The van der Waals surface area contributed by atoms with Crippen molar-refractivity contribution in [2.75, 3.05) is 0 Å². The van der Waals surface area contributed by atoms with Crippen LogP contribution in [0.1, 0.15) is 32.6 Å². The van der Waals surface area contributed by atoms with Crippen LogP contribution in [-0.4, -0.2) is 22.4 Å². The number of hydrogen-bond donors (Lipinski definition) is 2. The lowest BCUT2D eigenvalue weighted by Crippen LogP contribution is -2.27. The van der Waals surface area contributed by atoms with E-state index in [2.05, 4.69) is 0 Å². The lowest BCUT2D eigenvalue weighted by atomic mass is 10.1. The van der Waals surface area contributed by atoms with Crippen LogP contribution in [0.15, 0.2) is 0 Å². The molecular formula is C8H16O2. The number of aliphatic hydroxyl groups excluding tert-OH is 2. The molecule has 1 saturated carbocycles. The molecule has 2 atom stereocenters. The van der Waals surface area contributed by atoms with Gasteiger partial charge in [-0.1, -0.05) is 13.3 Å². The molecular weight excluding hydrogens is 128 g/mol. The van der Waals surface area contributed by atoms with Crippen LogP contribution in [0.3, 0.4) is 0 Å². The Balaban J connectivity index is 2.17. The Morgan fingerprint density at radius 3 is 2.40 bits per heavy atom. The molecule has 2 N–H and O–H groups in total. The molecule has 0 aliphatic heterocycles. The molecule has 0 bridgehead atoms. The van der Waals surface area contributed by atoms with E-state index in [1.165, 1.54) is 0 Å². The maximum absolute atomic E-state index is 9.34. The largest absolute Gasteiger partial charge is 0.390 e. The summed E-state index contributed by atoms with van der Waals surface area (Å²) in [6, 6.07) is 0. The van der Waals surface area contributed by atoms with Gasteiger partial charge in [-0.2, -0.15) is 0 Å². The van der Waals surface area contributed by atoms with Crippen molar-refractivity contribution in [3.05, 3.63) is 0 Å². The third kappa shape index (κ3) is 1.96. The van der Waals surface area contributed by atoms with Gasteiger partial charge >= 0.3 is 0 Å². The van der Waals surface area contributed by atoms with Crippen molar-refractivity contribution < 1.29 is 10.2 Å². The Labute approximate surface area is 61.9 Å². The first-order chi connectivity index (χ1) is 4.75. The average molecular weight is 144 g/mol. The molecule has 2 nitrogen and oxygen atoms in total. The molecule has 2 heteroatoms. The van der Waals surface area contributed by atoms with Crippen molar-refractivity contribution in [1.29, 1.82) is 0 Å². The molecule has 1 aliphatic carbocycles. The average Bonchev–Trinajstić information content (AvgIpc) is 2.68. The van der Waals surface area contributed by atoms with Gasteiger partial charge in [0.2, 0.25) is 0 Å². The van der Waals surface area contributed by atoms with Gasteiger partial charge < -0.3 is 10.2 Å². The van der Waals surface area contributed by atoms with Crippen molar-refractivity contribution in [2.45, 2.75) is 44.8 Å². The first kappa shape index (κ1) is 8.02. The molecule has 0 amide bonds. The van der Waals surface area contributed by atoms with Crippen molar-refractivity contribution in [2.24, 2.45) is 5.92 Å². The van der Waals surface area contributed by atoms with E-state index in [4.69, 9.17) is 0 Å². The van der Waals surface area contributed by atoms with Gasteiger partial charge in [-0.3, -0.25) is 0 Å². The monoisotopic (exact) mass is 144 g/mol. The summed E-state index contributed by atoms with van der Waals surface area (Å²) in [6.07, 6.45) is 2.96. The van der Waals surface area contributed by atoms with Gasteiger partial charge in [-0.05, 0) is 25.2 Å². The number of aliphatic hydroxyl groups is 2. The van der Waals surface area contributed by atoms with Gasteiger partial charge in [0.25, 0.3) is 0 Å². The molecule has 0 aromatic rings. The third-order valence-corrected chi connectivity index (χ3v) is 2.08. The summed E-state index contributed by atoms with van der Waals surface area (Å²) in [6.45, 7) is 2.02. The fraction of sp³-hybridized carbons (Fsp3) is 1.00. The highest BCUT2D eigenvalue weighted by atomic mass is 16.3. The van der Waals surface area contributed by atoms with Crippen LogP contribution >= 0.6 is 0 Å². The summed E-state index contributed by atoms with van der Waals surface area (Å²) in [4.78, 5) is 0. The van der Waals surface area contributed by atoms with Crippen molar-refractivity contribution in [3.8, 4) is 0 Å². The van der Waals surface area contributed by atoms with E-state index >= 15 is 0 Å². The second-order valence-corrected chi connectivity index (χ2v) is 3.18. The van der Waals surface area contributed by atoms with Crippen LogP contribution < -0.4 is 0 Å². The minimum Gasteiger partial charge on any atom is -0.390 e. The molecule has 0 saturated heterocycles. The smallest absolute Gasteiger partial charge is 0.0827 e. The first-order valence-corrected chi connectivity index (χ1v) is 4.11. The van der Waals surface area contributed by atoms with E-state index < -0.39 is 12.2 Å². The first-order valence-electron chi connectivity index (χ1n) is 4.11. The van der Waals surface area contributed by atoms with Crippen LogP contribution in [-0.2, 0) is 0 Å². The minimum absolute atomic E-state index is 0.404. The fourth-order valence-electron chi connectivity index (χ4n) is 1.22. The Kier molecular flexibility index (Phi) is 2.69. The highest BCUT2D eigenvalue weighted by Gasteiger charge is 2.33. The molecule has 1 aliphatic rings. The topological polar surface area (TPSA) is 40.5 Å². The summed E-state index contributed by atoms with van der Waals surface area (Å²) in [7, 11) is 0. The van der Waals surface area contributed by atoms with E-state index in [0.29, 0.717) is 5.92 Å². The highest BCUT2D eigenvalue weighted by molar-refractivity contribution is 4.84. The SMILES string of the molecule is CCCC(O)C(O)C1CC1. The van der Waals surface area contributed by atoms with Crippen LogP contribution in [0.5, 0.6) is 0 Å². The molecule has 0 radical (unpaired) electrons.